The van der Waals surface area contributed by atoms with Crippen LogP contribution in [0.15, 0.2) is 18.2 Å². The molecule has 148 valence electrons. The number of nitrogens with one attached hydrogen (secondary N) is 2. The van der Waals surface area contributed by atoms with Gasteiger partial charge < -0.3 is 20.1 Å². The van der Waals surface area contributed by atoms with Gasteiger partial charge in [-0.05, 0) is 30.5 Å². The van der Waals surface area contributed by atoms with E-state index in [9.17, 15) is 14.4 Å². The third-order valence-electron chi connectivity index (χ3n) is 4.64. The quantitative estimate of drug-likeness (QED) is 0.677. The minimum absolute atomic E-state index is 0.218. The summed E-state index contributed by atoms with van der Waals surface area (Å²) in [5.74, 6) is 0.0142. The summed E-state index contributed by atoms with van der Waals surface area (Å²) in [4.78, 5) is 35.1. The van der Waals surface area contributed by atoms with Crippen molar-refractivity contribution in [2.75, 3.05) is 24.4 Å². The molecule has 7 nitrogen and oxygen atoms in total. The molecule has 1 aliphatic carbocycles. The summed E-state index contributed by atoms with van der Waals surface area (Å²) < 4.78 is 10.3. The molecule has 0 radical (unpaired) electrons. The Morgan fingerprint density at radius 3 is 2.52 bits per heavy atom. The molecule has 1 fully saturated rings. The molecule has 7 heteroatoms. The number of amides is 2. The molecular formula is C20H28N2O5. The van der Waals surface area contributed by atoms with E-state index >= 15 is 0 Å². The number of rotatable bonds is 8. The molecule has 2 amide bonds. The van der Waals surface area contributed by atoms with Crippen molar-refractivity contribution in [1.82, 2.24) is 0 Å². The van der Waals surface area contributed by atoms with E-state index in [4.69, 9.17) is 9.47 Å². The third kappa shape index (κ3) is 7.29. The van der Waals surface area contributed by atoms with Crippen molar-refractivity contribution < 1.29 is 23.9 Å². The van der Waals surface area contributed by atoms with Crippen LogP contribution in [0.3, 0.4) is 0 Å². The predicted octanol–water partition coefficient (Wildman–Crippen LogP) is 3.50. The maximum absolute atomic E-state index is 12.1. The Labute approximate surface area is 159 Å². The van der Waals surface area contributed by atoms with Crippen molar-refractivity contribution in [2.45, 2.75) is 51.9 Å². The second kappa shape index (κ2) is 10.5. The molecule has 0 heterocycles. The molecule has 0 atom stereocenters. The van der Waals surface area contributed by atoms with Gasteiger partial charge in [0.25, 0.3) is 5.91 Å². The maximum Gasteiger partial charge on any atom is 0.306 e. The molecule has 1 saturated carbocycles. The van der Waals surface area contributed by atoms with Crippen LogP contribution >= 0.6 is 0 Å². The summed E-state index contributed by atoms with van der Waals surface area (Å²) in [6, 6.07) is 4.89. The number of hydrogen-bond donors (Lipinski definition) is 2. The Bertz CT molecular complexity index is 668. The lowest BCUT2D eigenvalue weighted by Gasteiger charge is -2.20. The first kappa shape index (κ1) is 20.7. The lowest BCUT2D eigenvalue weighted by atomic mass is 9.86. The van der Waals surface area contributed by atoms with Crippen LogP contribution in [0, 0.1) is 5.92 Å². The van der Waals surface area contributed by atoms with Crippen molar-refractivity contribution >= 4 is 29.2 Å². The van der Waals surface area contributed by atoms with E-state index < -0.39 is 5.91 Å². The fourth-order valence-corrected chi connectivity index (χ4v) is 3.29. The van der Waals surface area contributed by atoms with Crippen molar-refractivity contribution in [1.29, 1.82) is 0 Å². The van der Waals surface area contributed by atoms with E-state index in [1.165, 1.54) is 46.1 Å². The standard InChI is InChI=1S/C20H28N2O5/c1-14(23)21-16-9-10-18(26-2)17(12-16)22-19(24)13-27-20(25)11-8-15-6-4-3-5-7-15/h9-10,12,15H,3-8,11,13H2,1-2H3,(H,21,23)(H,22,24). The van der Waals surface area contributed by atoms with Crippen LogP contribution in [0.2, 0.25) is 0 Å². The SMILES string of the molecule is COc1ccc(NC(C)=O)cc1NC(=O)COC(=O)CCC1CCCCC1. The first-order chi connectivity index (χ1) is 13.0. The van der Waals surface area contributed by atoms with E-state index in [2.05, 4.69) is 10.6 Å². The van der Waals surface area contributed by atoms with Crippen LogP contribution in [0.25, 0.3) is 0 Å². The molecule has 0 spiro atoms. The Hall–Kier alpha value is -2.57. The topological polar surface area (TPSA) is 93.7 Å². The van der Waals surface area contributed by atoms with Crippen LogP contribution in [0.5, 0.6) is 5.75 Å². The van der Waals surface area contributed by atoms with Crippen molar-refractivity contribution in [3.8, 4) is 5.75 Å². The number of carbonyl (C=O) groups excluding carboxylic acids is 3. The van der Waals surface area contributed by atoms with Crippen molar-refractivity contribution in [3.05, 3.63) is 18.2 Å². The number of carbonyl (C=O) groups is 3. The number of anilines is 2. The molecule has 1 aromatic carbocycles. The summed E-state index contributed by atoms with van der Waals surface area (Å²) in [5, 5.41) is 5.28. The summed E-state index contributed by atoms with van der Waals surface area (Å²) in [5.41, 5.74) is 0.926. The highest BCUT2D eigenvalue weighted by Gasteiger charge is 2.16. The third-order valence-corrected chi connectivity index (χ3v) is 4.64. The summed E-state index contributed by atoms with van der Waals surface area (Å²) in [6.07, 6.45) is 7.29. The Balaban J connectivity index is 1.80. The molecule has 1 aromatic rings. The summed E-state index contributed by atoms with van der Waals surface area (Å²) in [7, 11) is 1.48. The lowest BCUT2D eigenvalue weighted by molar-refractivity contribution is -0.147. The van der Waals surface area contributed by atoms with Crippen LogP contribution in [0.1, 0.15) is 51.9 Å². The average Bonchev–Trinajstić information content (AvgIpc) is 2.65. The number of ether oxygens (including phenoxy) is 2. The Morgan fingerprint density at radius 2 is 1.85 bits per heavy atom. The van der Waals surface area contributed by atoms with E-state index in [0.29, 0.717) is 29.5 Å². The van der Waals surface area contributed by atoms with Gasteiger partial charge in [0.15, 0.2) is 6.61 Å². The molecule has 1 aliphatic rings. The fraction of sp³-hybridized carbons (Fsp3) is 0.550. The maximum atomic E-state index is 12.1. The molecule has 0 aliphatic heterocycles. The van der Waals surface area contributed by atoms with E-state index in [0.717, 1.165) is 6.42 Å². The lowest BCUT2D eigenvalue weighted by Crippen LogP contribution is -2.21. The highest BCUT2D eigenvalue weighted by atomic mass is 16.5. The van der Waals surface area contributed by atoms with Gasteiger partial charge >= 0.3 is 5.97 Å². The van der Waals surface area contributed by atoms with Gasteiger partial charge in [0.1, 0.15) is 5.75 Å². The molecular weight excluding hydrogens is 348 g/mol. The number of hydrogen-bond acceptors (Lipinski definition) is 5. The average molecular weight is 376 g/mol. The van der Waals surface area contributed by atoms with Crippen molar-refractivity contribution in [2.24, 2.45) is 5.92 Å². The number of benzene rings is 1. The molecule has 27 heavy (non-hydrogen) atoms. The Morgan fingerprint density at radius 1 is 1.11 bits per heavy atom. The smallest absolute Gasteiger partial charge is 0.306 e. The second-order valence-electron chi connectivity index (χ2n) is 6.85. The van der Waals surface area contributed by atoms with E-state index in [1.54, 1.807) is 18.2 Å². The largest absolute Gasteiger partial charge is 0.495 e. The minimum atomic E-state index is -0.459. The van der Waals surface area contributed by atoms with Crippen LogP contribution in [0.4, 0.5) is 11.4 Å². The van der Waals surface area contributed by atoms with Crippen molar-refractivity contribution in [3.63, 3.8) is 0 Å². The summed E-state index contributed by atoms with van der Waals surface area (Å²) in [6.45, 7) is 1.05. The summed E-state index contributed by atoms with van der Waals surface area (Å²) >= 11 is 0. The van der Waals surface area contributed by atoms with Gasteiger partial charge in [-0.2, -0.15) is 0 Å². The van der Waals surface area contributed by atoms with Crippen LogP contribution < -0.4 is 15.4 Å². The predicted molar refractivity (Wildman–Crippen MR) is 103 cm³/mol. The van der Waals surface area contributed by atoms with Crippen LogP contribution in [-0.4, -0.2) is 31.5 Å². The second-order valence-corrected chi connectivity index (χ2v) is 6.85. The zero-order chi connectivity index (χ0) is 19.6. The molecule has 0 aromatic heterocycles. The molecule has 2 N–H and O–H groups in total. The number of esters is 1. The van der Waals surface area contributed by atoms with Crippen LogP contribution in [-0.2, 0) is 19.1 Å². The fourth-order valence-electron chi connectivity index (χ4n) is 3.29. The first-order valence-corrected chi connectivity index (χ1v) is 9.39. The van der Waals surface area contributed by atoms with Gasteiger partial charge in [0.2, 0.25) is 5.91 Å². The molecule has 0 bridgehead atoms. The van der Waals surface area contributed by atoms with Gasteiger partial charge in [-0.1, -0.05) is 32.1 Å². The van der Waals surface area contributed by atoms with Gasteiger partial charge in [0, 0.05) is 19.0 Å². The van der Waals surface area contributed by atoms with Gasteiger partial charge in [-0.15, -0.1) is 0 Å². The van der Waals surface area contributed by atoms with E-state index in [-0.39, 0.29) is 18.5 Å². The zero-order valence-corrected chi connectivity index (χ0v) is 16.0. The normalized spacial score (nSPS) is 14.3. The minimum Gasteiger partial charge on any atom is -0.495 e. The molecule has 2 rings (SSSR count). The Kier molecular flexibility index (Phi) is 8.10. The molecule has 0 unspecified atom stereocenters. The zero-order valence-electron chi connectivity index (χ0n) is 16.0. The van der Waals surface area contributed by atoms with E-state index in [1.807, 2.05) is 0 Å². The van der Waals surface area contributed by atoms with Gasteiger partial charge in [-0.25, -0.2) is 0 Å². The van der Waals surface area contributed by atoms with Gasteiger partial charge in [-0.3, -0.25) is 14.4 Å². The monoisotopic (exact) mass is 376 g/mol. The van der Waals surface area contributed by atoms with Gasteiger partial charge in [0.05, 0.1) is 12.8 Å². The highest BCUT2D eigenvalue weighted by Crippen LogP contribution is 2.28. The highest BCUT2D eigenvalue weighted by molar-refractivity contribution is 5.96. The molecule has 0 saturated heterocycles. The number of methoxy groups -OCH3 is 1. The first-order valence-electron chi connectivity index (χ1n) is 9.39.